The molecule has 0 aliphatic heterocycles. The van der Waals surface area contributed by atoms with Crippen LogP contribution in [0.15, 0.2) is 24.5 Å². The van der Waals surface area contributed by atoms with E-state index in [9.17, 15) is 0 Å². The molecule has 0 aliphatic carbocycles. The molecular weight excluding hydrogens is 258 g/mol. The Morgan fingerprint density at radius 3 is 2.63 bits per heavy atom. The summed E-state index contributed by atoms with van der Waals surface area (Å²) in [5, 5.41) is 0. The molecule has 0 atom stereocenters. The van der Waals surface area contributed by atoms with Crippen molar-refractivity contribution >= 4 is 12.2 Å². The average molecular weight is 277 g/mol. The summed E-state index contributed by atoms with van der Waals surface area (Å²) in [5.74, 6) is 0.623. The number of imidazole rings is 1. The Bertz CT molecular complexity index is 605. The highest BCUT2D eigenvalue weighted by Gasteiger charge is 2.19. The second-order valence-corrected chi connectivity index (χ2v) is 5.91. The molecule has 2 rings (SSSR count). The fourth-order valence-electron chi connectivity index (χ4n) is 1.98. The van der Waals surface area contributed by atoms with Crippen LogP contribution >= 0.6 is 12.2 Å². The standard InChI is InChI=1S/C14H19N3OS/c1-14(2,3)11-8-16-13(19)17(11)9-10-5-6-12(18-4)15-7-10/h5-8H,9H2,1-4H3,(H,16,19). The number of rotatable bonds is 3. The zero-order valence-electron chi connectivity index (χ0n) is 11.7. The summed E-state index contributed by atoms with van der Waals surface area (Å²) in [7, 11) is 1.61. The molecule has 0 saturated heterocycles. The van der Waals surface area contributed by atoms with Crippen molar-refractivity contribution in [2.75, 3.05) is 7.11 Å². The number of methoxy groups -OCH3 is 1. The summed E-state index contributed by atoms with van der Waals surface area (Å²) in [5.41, 5.74) is 2.34. The maximum atomic E-state index is 5.35. The van der Waals surface area contributed by atoms with Gasteiger partial charge in [0, 0.05) is 29.6 Å². The van der Waals surface area contributed by atoms with Gasteiger partial charge in [0.25, 0.3) is 0 Å². The van der Waals surface area contributed by atoms with Crippen molar-refractivity contribution in [2.45, 2.75) is 32.7 Å². The highest BCUT2D eigenvalue weighted by molar-refractivity contribution is 7.71. The molecule has 102 valence electrons. The molecule has 0 fully saturated rings. The van der Waals surface area contributed by atoms with Gasteiger partial charge in [0.15, 0.2) is 4.77 Å². The van der Waals surface area contributed by atoms with E-state index in [2.05, 4.69) is 35.3 Å². The smallest absolute Gasteiger partial charge is 0.212 e. The molecule has 19 heavy (non-hydrogen) atoms. The predicted octanol–water partition coefficient (Wildman–Crippen LogP) is 3.30. The van der Waals surface area contributed by atoms with Crippen LogP contribution in [0.2, 0.25) is 0 Å². The number of pyridine rings is 1. The van der Waals surface area contributed by atoms with Gasteiger partial charge in [-0.2, -0.15) is 0 Å². The minimum Gasteiger partial charge on any atom is -0.481 e. The number of ether oxygens (including phenoxy) is 1. The van der Waals surface area contributed by atoms with Crippen LogP contribution in [0.25, 0.3) is 0 Å². The Kier molecular flexibility index (Phi) is 3.75. The molecule has 2 heterocycles. The Labute approximate surface area is 118 Å². The zero-order chi connectivity index (χ0) is 14.0. The van der Waals surface area contributed by atoms with Gasteiger partial charge in [0.1, 0.15) is 0 Å². The molecule has 2 aromatic rings. The second kappa shape index (κ2) is 5.17. The molecule has 0 aliphatic rings. The molecule has 5 heteroatoms. The van der Waals surface area contributed by atoms with Crippen molar-refractivity contribution in [1.29, 1.82) is 0 Å². The summed E-state index contributed by atoms with van der Waals surface area (Å²) >= 11 is 5.35. The first kappa shape index (κ1) is 13.8. The molecule has 0 amide bonds. The molecule has 0 radical (unpaired) electrons. The first-order valence-electron chi connectivity index (χ1n) is 6.19. The summed E-state index contributed by atoms with van der Waals surface area (Å²) in [4.78, 5) is 7.34. The van der Waals surface area contributed by atoms with Crippen LogP contribution in [0.1, 0.15) is 32.0 Å². The number of H-pyrrole nitrogens is 1. The monoisotopic (exact) mass is 277 g/mol. The van der Waals surface area contributed by atoms with Crippen LogP contribution in [0, 0.1) is 4.77 Å². The van der Waals surface area contributed by atoms with Gasteiger partial charge in [0.05, 0.1) is 13.7 Å². The lowest BCUT2D eigenvalue weighted by Gasteiger charge is -2.20. The number of aromatic amines is 1. The molecule has 0 bridgehead atoms. The third-order valence-corrected chi connectivity index (χ3v) is 3.32. The molecule has 0 unspecified atom stereocenters. The Morgan fingerprint density at radius 1 is 1.37 bits per heavy atom. The lowest BCUT2D eigenvalue weighted by molar-refractivity contribution is 0.397. The van der Waals surface area contributed by atoms with E-state index >= 15 is 0 Å². The van der Waals surface area contributed by atoms with Crippen LogP contribution in [0.4, 0.5) is 0 Å². The molecule has 0 aromatic carbocycles. The van der Waals surface area contributed by atoms with Crippen molar-refractivity contribution in [3.05, 3.63) is 40.6 Å². The largest absolute Gasteiger partial charge is 0.481 e. The van der Waals surface area contributed by atoms with Crippen LogP contribution in [0.5, 0.6) is 5.88 Å². The van der Waals surface area contributed by atoms with E-state index in [-0.39, 0.29) is 5.41 Å². The van der Waals surface area contributed by atoms with E-state index in [1.54, 1.807) is 7.11 Å². The van der Waals surface area contributed by atoms with Gasteiger partial charge < -0.3 is 14.3 Å². The lowest BCUT2D eigenvalue weighted by atomic mass is 9.92. The van der Waals surface area contributed by atoms with E-state index in [4.69, 9.17) is 17.0 Å². The van der Waals surface area contributed by atoms with Crippen LogP contribution < -0.4 is 4.74 Å². The molecule has 2 aromatic heterocycles. The van der Waals surface area contributed by atoms with Gasteiger partial charge in [-0.1, -0.05) is 26.8 Å². The average Bonchev–Trinajstić information content (AvgIpc) is 2.72. The Morgan fingerprint density at radius 2 is 2.11 bits per heavy atom. The Hall–Kier alpha value is -1.62. The first-order chi connectivity index (χ1) is 8.91. The SMILES string of the molecule is COc1ccc(Cn2c(C(C)(C)C)c[nH]c2=S)cn1. The van der Waals surface area contributed by atoms with Crippen LogP contribution in [-0.4, -0.2) is 21.6 Å². The van der Waals surface area contributed by atoms with Crippen molar-refractivity contribution < 1.29 is 4.74 Å². The highest BCUT2D eigenvalue weighted by Crippen LogP contribution is 2.23. The number of hydrogen-bond acceptors (Lipinski definition) is 3. The fraction of sp³-hybridized carbons (Fsp3) is 0.429. The van der Waals surface area contributed by atoms with E-state index < -0.39 is 0 Å². The second-order valence-electron chi connectivity index (χ2n) is 5.52. The van der Waals surface area contributed by atoms with Crippen molar-refractivity contribution in [1.82, 2.24) is 14.5 Å². The van der Waals surface area contributed by atoms with E-state index in [1.807, 2.05) is 24.5 Å². The highest BCUT2D eigenvalue weighted by atomic mass is 32.1. The third-order valence-electron chi connectivity index (χ3n) is 2.98. The minimum absolute atomic E-state index is 0.0491. The van der Waals surface area contributed by atoms with E-state index in [0.29, 0.717) is 12.4 Å². The van der Waals surface area contributed by atoms with Crippen LogP contribution in [-0.2, 0) is 12.0 Å². The summed E-state index contributed by atoms with van der Waals surface area (Å²) in [6.45, 7) is 7.24. The van der Waals surface area contributed by atoms with Crippen molar-refractivity contribution in [3.63, 3.8) is 0 Å². The van der Waals surface area contributed by atoms with Crippen molar-refractivity contribution in [3.8, 4) is 5.88 Å². The first-order valence-corrected chi connectivity index (χ1v) is 6.60. The molecular formula is C14H19N3OS. The topological polar surface area (TPSA) is 42.8 Å². The number of aromatic nitrogens is 3. The summed E-state index contributed by atoms with van der Waals surface area (Å²) in [6, 6.07) is 3.87. The van der Waals surface area contributed by atoms with E-state index in [1.165, 1.54) is 5.69 Å². The van der Waals surface area contributed by atoms with Gasteiger partial charge in [-0.15, -0.1) is 0 Å². The van der Waals surface area contributed by atoms with Gasteiger partial charge in [-0.3, -0.25) is 0 Å². The summed E-state index contributed by atoms with van der Waals surface area (Å²) in [6.07, 6.45) is 3.80. The maximum Gasteiger partial charge on any atom is 0.212 e. The lowest BCUT2D eigenvalue weighted by Crippen LogP contribution is -2.18. The zero-order valence-corrected chi connectivity index (χ0v) is 12.5. The fourth-order valence-corrected chi connectivity index (χ4v) is 2.20. The third kappa shape index (κ3) is 3.04. The number of nitrogens with zero attached hydrogens (tertiary/aromatic N) is 2. The van der Waals surface area contributed by atoms with E-state index in [0.717, 1.165) is 10.3 Å². The molecule has 0 saturated carbocycles. The van der Waals surface area contributed by atoms with Crippen molar-refractivity contribution in [2.24, 2.45) is 0 Å². The minimum atomic E-state index is 0.0491. The van der Waals surface area contributed by atoms with Gasteiger partial charge in [-0.05, 0) is 17.8 Å². The normalized spacial score (nSPS) is 11.6. The number of nitrogens with one attached hydrogen (secondary N) is 1. The summed E-state index contributed by atoms with van der Waals surface area (Å²) < 4.78 is 7.91. The van der Waals surface area contributed by atoms with Gasteiger partial charge in [0.2, 0.25) is 5.88 Å². The molecule has 1 N–H and O–H groups in total. The molecule has 4 nitrogen and oxygen atoms in total. The Balaban J connectivity index is 2.32. The maximum absolute atomic E-state index is 5.35. The number of hydrogen-bond donors (Lipinski definition) is 1. The predicted molar refractivity (Wildman–Crippen MR) is 78.2 cm³/mol. The van der Waals surface area contributed by atoms with Crippen LogP contribution in [0.3, 0.4) is 0 Å². The van der Waals surface area contributed by atoms with Gasteiger partial charge >= 0.3 is 0 Å². The molecule has 0 spiro atoms. The quantitative estimate of drug-likeness (QED) is 0.875. The van der Waals surface area contributed by atoms with Gasteiger partial charge in [-0.25, -0.2) is 4.98 Å².